The fraction of sp³-hybridized carbons (Fsp3) is 0.333. The average molecular weight is 367 g/mol. The Morgan fingerprint density at radius 3 is 2.85 bits per heavy atom. The van der Waals surface area contributed by atoms with Crippen molar-refractivity contribution < 1.29 is 14.3 Å². The number of hydrogen-bond acceptors (Lipinski definition) is 4. The molecule has 6 heteroatoms. The van der Waals surface area contributed by atoms with Gasteiger partial charge in [-0.05, 0) is 55.7 Å². The molecule has 0 bridgehead atoms. The van der Waals surface area contributed by atoms with Crippen molar-refractivity contribution >= 4 is 17.6 Å². The summed E-state index contributed by atoms with van der Waals surface area (Å²) in [5.41, 5.74) is 2.50. The Morgan fingerprint density at radius 1 is 1.26 bits per heavy atom. The van der Waals surface area contributed by atoms with Gasteiger partial charge in [-0.1, -0.05) is 18.2 Å². The smallest absolute Gasteiger partial charge is 0.258 e. The number of methoxy groups -OCH3 is 1. The lowest BCUT2D eigenvalue weighted by molar-refractivity contribution is 0.0975. The van der Waals surface area contributed by atoms with Gasteiger partial charge in [0.1, 0.15) is 5.75 Å². The van der Waals surface area contributed by atoms with E-state index in [9.17, 15) is 4.79 Å². The Labute approximate surface area is 159 Å². The van der Waals surface area contributed by atoms with Crippen LogP contribution in [0.4, 0.5) is 5.69 Å². The summed E-state index contributed by atoms with van der Waals surface area (Å²) in [7, 11) is 1.57. The fourth-order valence-corrected chi connectivity index (χ4v) is 2.90. The standard InChI is InChI=1S/C21H25N3O3/c1-15-6-3-8-17(12-15)23-21(22-14-19-10-5-11-27-19)24-20(25)16-7-4-9-18(13-16)26-2/h3-4,6-9,12-13,19H,5,10-11,14H2,1-2H3,(H2,22,23,24,25). The topological polar surface area (TPSA) is 72.0 Å². The van der Waals surface area contributed by atoms with Gasteiger partial charge in [0.05, 0.1) is 19.8 Å². The molecule has 0 aliphatic carbocycles. The number of nitrogens with one attached hydrogen (secondary N) is 2. The van der Waals surface area contributed by atoms with Crippen molar-refractivity contribution in [2.75, 3.05) is 25.6 Å². The van der Waals surface area contributed by atoms with Gasteiger partial charge in [-0.2, -0.15) is 0 Å². The number of benzene rings is 2. The first kappa shape index (κ1) is 18.9. The highest BCUT2D eigenvalue weighted by atomic mass is 16.5. The quantitative estimate of drug-likeness (QED) is 0.628. The van der Waals surface area contributed by atoms with Crippen LogP contribution in [0, 0.1) is 6.92 Å². The number of nitrogens with zero attached hydrogens (tertiary/aromatic N) is 1. The Hall–Kier alpha value is -2.86. The van der Waals surface area contributed by atoms with E-state index < -0.39 is 0 Å². The molecular formula is C21H25N3O3. The van der Waals surface area contributed by atoms with Crippen molar-refractivity contribution in [3.63, 3.8) is 0 Å². The number of aliphatic imine (C=N–C) groups is 1. The number of carbonyl (C=O) groups is 1. The van der Waals surface area contributed by atoms with Gasteiger partial charge >= 0.3 is 0 Å². The number of amides is 1. The number of carbonyl (C=O) groups excluding carboxylic acids is 1. The number of guanidine groups is 1. The molecule has 1 unspecified atom stereocenters. The van der Waals surface area contributed by atoms with Gasteiger partial charge in [0.15, 0.2) is 0 Å². The second-order valence-corrected chi connectivity index (χ2v) is 6.50. The van der Waals surface area contributed by atoms with Crippen molar-refractivity contribution in [2.24, 2.45) is 4.99 Å². The molecule has 2 aromatic carbocycles. The van der Waals surface area contributed by atoms with Crippen LogP contribution in [0.1, 0.15) is 28.8 Å². The first-order valence-electron chi connectivity index (χ1n) is 9.09. The van der Waals surface area contributed by atoms with Crippen LogP contribution in [-0.4, -0.2) is 38.2 Å². The van der Waals surface area contributed by atoms with E-state index in [4.69, 9.17) is 9.47 Å². The summed E-state index contributed by atoms with van der Waals surface area (Å²) in [5, 5.41) is 6.07. The van der Waals surface area contributed by atoms with E-state index in [2.05, 4.69) is 15.6 Å². The lowest BCUT2D eigenvalue weighted by atomic mass is 10.2. The number of rotatable bonds is 5. The van der Waals surface area contributed by atoms with Gasteiger partial charge in [-0.25, -0.2) is 4.99 Å². The summed E-state index contributed by atoms with van der Waals surface area (Å²) < 4.78 is 10.8. The van der Waals surface area contributed by atoms with Crippen LogP contribution in [0.15, 0.2) is 53.5 Å². The van der Waals surface area contributed by atoms with Crippen molar-refractivity contribution in [3.05, 3.63) is 59.7 Å². The number of anilines is 1. The zero-order valence-electron chi connectivity index (χ0n) is 15.7. The third kappa shape index (κ3) is 5.56. The molecular weight excluding hydrogens is 342 g/mol. The molecule has 1 aliphatic heterocycles. The molecule has 3 rings (SSSR count). The van der Waals surface area contributed by atoms with Crippen LogP contribution in [-0.2, 0) is 4.74 Å². The van der Waals surface area contributed by atoms with Crippen LogP contribution < -0.4 is 15.4 Å². The highest BCUT2D eigenvalue weighted by Crippen LogP contribution is 2.14. The lowest BCUT2D eigenvalue weighted by Crippen LogP contribution is -2.36. The highest BCUT2D eigenvalue weighted by molar-refractivity contribution is 6.10. The Balaban J connectivity index is 1.75. The van der Waals surface area contributed by atoms with Crippen LogP contribution >= 0.6 is 0 Å². The van der Waals surface area contributed by atoms with Gasteiger partial charge < -0.3 is 14.8 Å². The third-order valence-corrected chi connectivity index (χ3v) is 4.32. The van der Waals surface area contributed by atoms with E-state index in [1.165, 1.54) is 0 Å². The monoisotopic (exact) mass is 367 g/mol. The second-order valence-electron chi connectivity index (χ2n) is 6.50. The van der Waals surface area contributed by atoms with E-state index in [1.54, 1.807) is 31.4 Å². The molecule has 2 aromatic rings. The molecule has 0 radical (unpaired) electrons. The zero-order valence-corrected chi connectivity index (χ0v) is 15.7. The molecule has 142 valence electrons. The molecule has 1 amide bonds. The van der Waals surface area contributed by atoms with Crippen LogP contribution in [0.5, 0.6) is 5.75 Å². The summed E-state index contributed by atoms with van der Waals surface area (Å²) in [4.78, 5) is 17.2. The maximum atomic E-state index is 12.7. The van der Waals surface area contributed by atoms with Crippen molar-refractivity contribution in [1.82, 2.24) is 5.32 Å². The Kier molecular flexibility index (Phi) is 6.44. The van der Waals surface area contributed by atoms with Gasteiger partial charge in [-0.3, -0.25) is 10.1 Å². The summed E-state index contributed by atoms with van der Waals surface area (Å²) in [6, 6.07) is 14.9. The molecule has 0 saturated carbocycles. The summed E-state index contributed by atoms with van der Waals surface area (Å²) in [5.74, 6) is 0.788. The Bertz CT molecular complexity index is 814. The SMILES string of the molecule is COc1cccc(C(=O)NC(=NCC2CCCO2)Nc2cccc(C)c2)c1. The maximum absolute atomic E-state index is 12.7. The van der Waals surface area contributed by atoms with Gasteiger partial charge in [0.25, 0.3) is 5.91 Å². The van der Waals surface area contributed by atoms with Crippen molar-refractivity contribution in [2.45, 2.75) is 25.9 Å². The van der Waals surface area contributed by atoms with Gasteiger partial charge in [0.2, 0.25) is 5.96 Å². The number of ether oxygens (including phenoxy) is 2. The molecule has 27 heavy (non-hydrogen) atoms. The van der Waals surface area contributed by atoms with E-state index in [1.807, 2.05) is 31.2 Å². The second kappa shape index (κ2) is 9.19. The molecule has 1 saturated heterocycles. The van der Waals surface area contributed by atoms with Crippen molar-refractivity contribution in [3.8, 4) is 5.75 Å². The molecule has 0 spiro atoms. The summed E-state index contributed by atoms with van der Waals surface area (Å²) >= 11 is 0. The fourth-order valence-electron chi connectivity index (χ4n) is 2.90. The molecule has 1 atom stereocenters. The summed E-state index contributed by atoms with van der Waals surface area (Å²) in [6.07, 6.45) is 2.15. The van der Waals surface area contributed by atoms with E-state index >= 15 is 0 Å². The summed E-state index contributed by atoms with van der Waals surface area (Å²) in [6.45, 7) is 3.30. The lowest BCUT2D eigenvalue weighted by Gasteiger charge is -2.14. The highest BCUT2D eigenvalue weighted by Gasteiger charge is 2.16. The van der Waals surface area contributed by atoms with Gasteiger partial charge in [-0.15, -0.1) is 0 Å². The molecule has 1 aliphatic rings. The molecule has 6 nitrogen and oxygen atoms in total. The first-order chi connectivity index (χ1) is 13.1. The van der Waals surface area contributed by atoms with E-state index in [0.717, 1.165) is 30.7 Å². The van der Waals surface area contributed by atoms with E-state index in [-0.39, 0.29) is 12.0 Å². The minimum absolute atomic E-state index is 0.105. The molecule has 1 heterocycles. The zero-order chi connectivity index (χ0) is 19.1. The van der Waals surface area contributed by atoms with Crippen LogP contribution in [0.3, 0.4) is 0 Å². The minimum atomic E-state index is -0.250. The van der Waals surface area contributed by atoms with Crippen LogP contribution in [0.2, 0.25) is 0 Å². The van der Waals surface area contributed by atoms with Gasteiger partial charge in [0, 0.05) is 17.9 Å². The first-order valence-corrected chi connectivity index (χ1v) is 9.09. The van der Waals surface area contributed by atoms with Crippen molar-refractivity contribution in [1.29, 1.82) is 0 Å². The minimum Gasteiger partial charge on any atom is -0.497 e. The largest absolute Gasteiger partial charge is 0.497 e. The third-order valence-electron chi connectivity index (χ3n) is 4.32. The molecule has 1 fully saturated rings. The Morgan fingerprint density at radius 2 is 2.11 bits per heavy atom. The normalized spacial score (nSPS) is 16.8. The maximum Gasteiger partial charge on any atom is 0.258 e. The van der Waals surface area contributed by atoms with E-state index in [0.29, 0.717) is 23.8 Å². The predicted octanol–water partition coefficient (Wildman–Crippen LogP) is 3.38. The molecule has 0 aromatic heterocycles. The predicted molar refractivity (Wildman–Crippen MR) is 107 cm³/mol. The average Bonchev–Trinajstić information content (AvgIpc) is 3.20. The number of aryl methyl sites for hydroxylation is 1. The molecule has 2 N–H and O–H groups in total. The van der Waals surface area contributed by atoms with Crippen LogP contribution in [0.25, 0.3) is 0 Å². The number of hydrogen-bond donors (Lipinski definition) is 2.